The van der Waals surface area contributed by atoms with E-state index < -0.39 is 17.5 Å². The summed E-state index contributed by atoms with van der Waals surface area (Å²) >= 11 is 18.7. The molecule has 0 aliphatic heterocycles. The van der Waals surface area contributed by atoms with E-state index in [1.165, 1.54) is 7.11 Å². The second-order valence-electron chi connectivity index (χ2n) is 9.96. The number of carbonyl (C=O) groups excluding carboxylic acids is 2. The van der Waals surface area contributed by atoms with Gasteiger partial charge in [0.1, 0.15) is 29.4 Å². The van der Waals surface area contributed by atoms with E-state index in [1.54, 1.807) is 53.1 Å². The van der Waals surface area contributed by atoms with E-state index in [4.69, 9.17) is 53.8 Å². The average Bonchev–Trinajstić information content (AvgIpc) is 3.24. The molecule has 0 bridgehead atoms. The van der Waals surface area contributed by atoms with Gasteiger partial charge in [-0.05, 0) is 62.7 Å². The van der Waals surface area contributed by atoms with E-state index in [0.29, 0.717) is 55.3 Å². The molecule has 0 atom stereocenters. The highest BCUT2D eigenvalue weighted by molar-refractivity contribution is 6.42. The molecule has 0 amide bonds. The van der Waals surface area contributed by atoms with Crippen LogP contribution in [-0.2, 0) is 20.8 Å². The highest BCUT2D eigenvalue weighted by Crippen LogP contribution is 2.37. The molecule has 0 aliphatic carbocycles. The van der Waals surface area contributed by atoms with Gasteiger partial charge in [-0.3, -0.25) is 0 Å². The average molecular weight is 605 g/mol. The molecule has 3 aromatic carbocycles. The first kappa shape index (κ1) is 29.7. The van der Waals surface area contributed by atoms with E-state index in [1.807, 2.05) is 32.9 Å². The van der Waals surface area contributed by atoms with Crippen LogP contribution in [0.5, 0.6) is 11.5 Å². The fourth-order valence-corrected chi connectivity index (χ4v) is 4.43. The quantitative estimate of drug-likeness (QED) is 0.142. The Balaban J connectivity index is 1.73. The Morgan fingerprint density at radius 3 is 2.23 bits per heavy atom. The van der Waals surface area contributed by atoms with Crippen molar-refractivity contribution < 1.29 is 28.5 Å². The molecule has 4 rings (SSSR count). The minimum Gasteiger partial charge on any atom is -0.459 e. The van der Waals surface area contributed by atoms with Gasteiger partial charge in [-0.25, -0.2) is 9.59 Å². The van der Waals surface area contributed by atoms with Gasteiger partial charge in [0.05, 0.1) is 27.7 Å². The van der Waals surface area contributed by atoms with Crippen LogP contribution < -0.4 is 4.74 Å². The fraction of sp³-hybridized carbons (Fsp3) is 0.267. The van der Waals surface area contributed by atoms with Gasteiger partial charge >= 0.3 is 11.9 Å². The molecular weight excluding hydrogens is 577 g/mol. The Hall–Kier alpha value is -3.23. The minimum atomic E-state index is -0.603. The Bertz CT molecular complexity index is 1540. The zero-order valence-electron chi connectivity index (χ0n) is 22.4. The van der Waals surface area contributed by atoms with Crippen molar-refractivity contribution in [2.75, 3.05) is 20.3 Å². The summed E-state index contributed by atoms with van der Waals surface area (Å²) in [5.74, 6) is -0.0718. The molecule has 0 saturated heterocycles. The van der Waals surface area contributed by atoms with Gasteiger partial charge in [-0.2, -0.15) is 0 Å². The van der Waals surface area contributed by atoms with Crippen molar-refractivity contribution in [2.45, 2.75) is 32.9 Å². The molecule has 10 heteroatoms. The van der Waals surface area contributed by atoms with Crippen LogP contribution in [0.15, 0.2) is 60.7 Å². The fourth-order valence-electron chi connectivity index (χ4n) is 3.94. The zero-order chi connectivity index (χ0) is 29.0. The van der Waals surface area contributed by atoms with Crippen LogP contribution in [0.1, 0.15) is 47.2 Å². The zero-order valence-corrected chi connectivity index (χ0v) is 24.7. The van der Waals surface area contributed by atoms with Crippen molar-refractivity contribution in [3.05, 3.63) is 92.6 Å². The van der Waals surface area contributed by atoms with Gasteiger partial charge in [0.15, 0.2) is 0 Å². The molecule has 0 fully saturated rings. The summed E-state index contributed by atoms with van der Waals surface area (Å²) in [6.45, 7) is 6.08. The maximum Gasteiger partial charge on any atom is 0.355 e. The molecule has 0 unspecified atom stereocenters. The predicted octanol–water partition coefficient (Wildman–Crippen LogP) is 8.20. The van der Waals surface area contributed by atoms with Gasteiger partial charge in [-0.15, -0.1) is 0 Å². The normalized spacial score (nSPS) is 11.5. The van der Waals surface area contributed by atoms with E-state index in [2.05, 4.69) is 0 Å². The van der Waals surface area contributed by atoms with Gasteiger partial charge in [0.2, 0.25) is 0 Å². The number of carbonyl (C=O) groups is 2. The van der Waals surface area contributed by atoms with Crippen molar-refractivity contribution >= 4 is 57.6 Å². The second kappa shape index (κ2) is 12.5. The lowest BCUT2D eigenvalue weighted by Crippen LogP contribution is -2.23. The highest BCUT2D eigenvalue weighted by atomic mass is 35.5. The van der Waals surface area contributed by atoms with E-state index in [9.17, 15) is 9.59 Å². The number of benzene rings is 3. The Labute approximate surface area is 247 Å². The first-order valence-electron chi connectivity index (χ1n) is 12.4. The van der Waals surface area contributed by atoms with Gasteiger partial charge in [-0.1, -0.05) is 46.9 Å². The third-order valence-corrected chi connectivity index (χ3v) is 6.68. The number of methoxy groups -OCH3 is 1. The molecule has 0 spiro atoms. The molecular formula is C30H28Cl3NO6. The predicted molar refractivity (Wildman–Crippen MR) is 156 cm³/mol. The third-order valence-electron chi connectivity index (χ3n) is 5.73. The second-order valence-corrected chi connectivity index (χ2v) is 11.2. The Morgan fingerprint density at radius 1 is 0.850 bits per heavy atom. The first-order chi connectivity index (χ1) is 18.9. The summed E-state index contributed by atoms with van der Waals surface area (Å²) in [4.78, 5) is 25.6. The molecule has 1 heterocycles. The van der Waals surface area contributed by atoms with Crippen molar-refractivity contribution in [1.29, 1.82) is 0 Å². The number of aromatic nitrogens is 1. The van der Waals surface area contributed by atoms with Crippen molar-refractivity contribution in [3.8, 4) is 11.5 Å². The molecule has 7 nitrogen and oxygen atoms in total. The minimum absolute atomic E-state index is 0.0921. The number of hydrogen-bond acceptors (Lipinski definition) is 6. The molecule has 4 aromatic rings. The van der Waals surface area contributed by atoms with Crippen LogP contribution in [0.25, 0.3) is 10.9 Å². The lowest BCUT2D eigenvalue weighted by Gasteiger charge is -2.19. The highest BCUT2D eigenvalue weighted by Gasteiger charge is 2.22. The summed E-state index contributed by atoms with van der Waals surface area (Å²) in [5, 5.41) is 1.78. The molecule has 1 aromatic heterocycles. The summed E-state index contributed by atoms with van der Waals surface area (Å²) < 4.78 is 23.8. The van der Waals surface area contributed by atoms with Crippen molar-refractivity contribution in [2.24, 2.45) is 0 Å². The van der Waals surface area contributed by atoms with Gasteiger partial charge in [0, 0.05) is 36.2 Å². The summed E-state index contributed by atoms with van der Waals surface area (Å²) in [6.07, 6.45) is 0. The topological polar surface area (TPSA) is 76.0 Å². The summed E-state index contributed by atoms with van der Waals surface area (Å²) in [5.41, 5.74) is 1.60. The third kappa shape index (κ3) is 7.29. The first-order valence-corrected chi connectivity index (χ1v) is 13.5. The van der Waals surface area contributed by atoms with Crippen LogP contribution in [0.4, 0.5) is 0 Å². The standard InChI is InChI=1S/C30H28Cl3NO6/c1-30(2,3)40-28(35)19-7-5-18(6-8-19)17-34-25-13-20(31)14-27(39-21-9-10-23(32)24(33)15-21)22(25)16-26(34)29(36)38-12-11-37-4/h5-10,13-16H,11-12,17H2,1-4H3. The molecule has 210 valence electrons. The number of nitrogens with zero attached hydrogens (tertiary/aromatic N) is 1. The van der Waals surface area contributed by atoms with E-state index in [0.717, 1.165) is 5.56 Å². The van der Waals surface area contributed by atoms with E-state index in [-0.39, 0.29) is 13.2 Å². The van der Waals surface area contributed by atoms with Crippen molar-refractivity contribution in [3.63, 3.8) is 0 Å². The number of esters is 2. The molecule has 0 saturated carbocycles. The number of hydrogen-bond donors (Lipinski definition) is 0. The van der Waals surface area contributed by atoms with Crippen LogP contribution in [-0.4, -0.2) is 42.4 Å². The maximum absolute atomic E-state index is 13.1. The molecule has 0 radical (unpaired) electrons. The van der Waals surface area contributed by atoms with Gasteiger partial charge in [0.25, 0.3) is 0 Å². The molecule has 0 N–H and O–H groups in total. The lowest BCUT2D eigenvalue weighted by atomic mass is 10.1. The smallest absolute Gasteiger partial charge is 0.355 e. The van der Waals surface area contributed by atoms with E-state index >= 15 is 0 Å². The van der Waals surface area contributed by atoms with Crippen LogP contribution in [0, 0.1) is 0 Å². The number of rotatable bonds is 9. The van der Waals surface area contributed by atoms with Crippen LogP contribution in [0.2, 0.25) is 15.1 Å². The molecule has 0 aliphatic rings. The summed E-state index contributed by atoms with van der Waals surface area (Å²) in [6, 6.07) is 17.0. The van der Waals surface area contributed by atoms with Crippen LogP contribution >= 0.6 is 34.8 Å². The largest absolute Gasteiger partial charge is 0.459 e. The number of halogens is 3. The maximum atomic E-state index is 13.1. The lowest BCUT2D eigenvalue weighted by molar-refractivity contribution is 0.00692. The number of fused-ring (bicyclic) bond motifs is 1. The molecule has 40 heavy (non-hydrogen) atoms. The van der Waals surface area contributed by atoms with Gasteiger partial charge < -0.3 is 23.5 Å². The Morgan fingerprint density at radius 2 is 1.57 bits per heavy atom. The van der Waals surface area contributed by atoms with Crippen molar-refractivity contribution in [1.82, 2.24) is 4.57 Å². The SMILES string of the molecule is COCCOC(=O)c1cc2c(Oc3ccc(Cl)c(Cl)c3)cc(Cl)cc2n1Cc1ccc(C(=O)OC(C)(C)C)cc1. The summed E-state index contributed by atoms with van der Waals surface area (Å²) in [7, 11) is 1.53. The number of ether oxygens (including phenoxy) is 4. The Kier molecular flexibility index (Phi) is 9.31. The van der Waals surface area contributed by atoms with Crippen LogP contribution in [0.3, 0.4) is 0 Å². The monoisotopic (exact) mass is 603 g/mol.